The van der Waals surface area contributed by atoms with Gasteiger partial charge in [-0.1, -0.05) is 42.0 Å². The Morgan fingerprint density at radius 3 is 2.16 bits per heavy atom. The zero-order valence-electron chi connectivity index (χ0n) is 14.8. The van der Waals surface area contributed by atoms with E-state index in [1.165, 1.54) is 16.7 Å². The molecule has 4 nitrogen and oxygen atoms in total. The van der Waals surface area contributed by atoms with E-state index in [4.69, 9.17) is 10.2 Å². The van der Waals surface area contributed by atoms with Crippen LogP contribution in [0.4, 0.5) is 0 Å². The van der Waals surface area contributed by atoms with Gasteiger partial charge in [-0.15, -0.1) is 0 Å². The van der Waals surface area contributed by atoms with Crippen molar-refractivity contribution in [1.82, 2.24) is 9.78 Å². The van der Waals surface area contributed by atoms with Gasteiger partial charge in [0, 0.05) is 17.7 Å². The average Bonchev–Trinajstić information content (AvgIpc) is 2.85. The van der Waals surface area contributed by atoms with Crippen molar-refractivity contribution >= 4 is 5.97 Å². The summed E-state index contributed by atoms with van der Waals surface area (Å²) in [6.45, 7) is 6.96. The maximum atomic E-state index is 11.0. The van der Waals surface area contributed by atoms with E-state index in [1.807, 2.05) is 23.7 Å². The van der Waals surface area contributed by atoms with Crippen molar-refractivity contribution < 1.29 is 9.90 Å². The van der Waals surface area contributed by atoms with Crippen LogP contribution < -0.4 is 0 Å². The summed E-state index contributed by atoms with van der Waals surface area (Å²) in [6.07, 6.45) is 0.755. The van der Waals surface area contributed by atoms with Crippen LogP contribution in [0.2, 0.25) is 0 Å². The first-order chi connectivity index (χ1) is 11.9. The fraction of sp³-hybridized carbons (Fsp3) is 0.238. The van der Waals surface area contributed by atoms with Gasteiger partial charge in [0.25, 0.3) is 0 Å². The summed E-state index contributed by atoms with van der Waals surface area (Å²) >= 11 is 0. The second-order valence-electron chi connectivity index (χ2n) is 6.47. The van der Waals surface area contributed by atoms with E-state index in [9.17, 15) is 4.79 Å². The van der Waals surface area contributed by atoms with Gasteiger partial charge in [0.15, 0.2) is 0 Å². The van der Waals surface area contributed by atoms with Crippen molar-refractivity contribution in [1.29, 1.82) is 0 Å². The Hall–Kier alpha value is -2.88. The molecule has 0 amide bonds. The highest BCUT2D eigenvalue weighted by Crippen LogP contribution is 2.19. The van der Waals surface area contributed by atoms with E-state index < -0.39 is 5.97 Å². The molecule has 128 valence electrons. The van der Waals surface area contributed by atoms with Gasteiger partial charge < -0.3 is 5.11 Å². The molecule has 0 aliphatic heterocycles. The second kappa shape index (κ2) is 6.93. The van der Waals surface area contributed by atoms with Crippen molar-refractivity contribution in [2.75, 3.05) is 0 Å². The lowest BCUT2D eigenvalue weighted by atomic mass is 10.0. The summed E-state index contributed by atoms with van der Waals surface area (Å²) in [6, 6.07) is 15.6. The minimum Gasteiger partial charge on any atom is -0.478 e. The largest absolute Gasteiger partial charge is 0.478 e. The first kappa shape index (κ1) is 17.0. The SMILES string of the molecule is Cc1ccc(Cn2nc(C)c(Cc3ccc(C(=O)O)cc3)c2C)cc1. The molecule has 0 aliphatic carbocycles. The van der Waals surface area contributed by atoms with Gasteiger partial charge in [-0.2, -0.15) is 5.10 Å². The van der Waals surface area contributed by atoms with Crippen LogP contribution in [-0.4, -0.2) is 20.9 Å². The molecule has 1 heterocycles. The summed E-state index contributed by atoms with van der Waals surface area (Å²) in [5.74, 6) is -0.898. The van der Waals surface area contributed by atoms with Gasteiger partial charge in [-0.05, 0) is 44.0 Å². The topological polar surface area (TPSA) is 55.1 Å². The van der Waals surface area contributed by atoms with E-state index in [0.29, 0.717) is 5.56 Å². The fourth-order valence-corrected chi connectivity index (χ4v) is 2.98. The maximum absolute atomic E-state index is 11.0. The van der Waals surface area contributed by atoms with Crippen LogP contribution in [0.3, 0.4) is 0 Å². The molecule has 0 aliphatic rings. The molecule has 4 heteroatoms. The predicted octanol–water partition coefficient (Wildman–Crippen LogP) is 4.15. The van der Waals surface area contributed by atoms with Crippen LogP contribution >= 0.6 is 0 Å². The zero-order chi connectivity index (χ0) is 18.0. The molecule has 0 atom stereocenters. The van der Waals surface area contributed by atoms with Gasteiger partial charge in [0.2, 0.25) is 0 Å². The molecule has 3 rings (SSSR count). The maximum Gasteiger partial charge on any atom is 0.335 e. The highest BCUT2D eigenvalue weighted by Gasteiger charge is 2.13. The monoisotopic (exact) mass is 334 g/mol. The molecule has 0 saturated carbocycles. The van der Waals surface area contributed by atoms with E-state index in [-0.39, 0.29) is 0 Å². The number of aromatic nitrogens is 2. The molecule has 0 saturated heterocycles. The number of aryl methyl sites for hydroxylation is 2. The third kappa shape index (κ3) is 3.79. The van der Waals surface area contributed by atoms with Crippen molar-refractivity contribution in [2.45, 2.75) is 33.7 Å². The molecule has 0 bridgehead atoms. The lowest BCUT2D eigenvalue weighted by Gasteiger charge is -2.07. The van der Waals surface area contributed by atoms with E-state index >= 15 is 0 Å². The number of nitrogens with zero attached hydrogens (tertiary/aromatic N) is 2. The molecule has 2 aromatic carbocycles. The van der Waals surface area contributed by atoms with Crippen LogP contribution in [0.5, 0.6) is 0 Å². The Kier molecular flexibility index (Phi) is 4.70. The van der Waals surface area contributed by atoms with Gasteiger partial charge in [-0.25, -0.2) is 4.79 Å². The van der Waals surface area contributed by atoms with E-state index in [2.05, 4.69) is 38.1 Å². The fourth-order valence-electron chi connectivity index (χ4n) is 2.98. The van der Waals surface area contributed by atoms with Crippen LogP contribution in [0.25, 0.3) is 0 Å². The standard InChI is InChI=1S/C21H22N2O2/c1-14-4-6-18(7-5-14)13-23-16(3)20(15(2)22-23)12-17-8-10-19(11-9-17)21(24)25/h4-11H,12-13H2,1-3H3,(H,24,25). The minimum atomic E-state index is -0.898. The molecule has 0 radical (unpaired) electrons. The molecule has 0 fully saturated rings. The third-order valence-corrected chi connectivity index (χ3v) is 4.57. The Morgan fingerprint density at radius 2 is 1.56 bits per heavy atom. The van der Waals surface area contributed by atoms with E-state index in [0.717, 1.165) is 29.9 Å². The van der Waals surface area contributed by atoms with Crippen molar-refractivity contribution in [3.63, 3.8) is 0 Å². The molecule has 1 N–H and O–H groups in total. The zero-order valence-corrected chi connectivity index (χ0v) is 14.8. The first-order valence-corrected chi connectivity index (χ1v) is 8.34. The van der Waals surface area contributed by atoms with Crippen LogP contribution in [-0.2, 0) is 13.0 Å². The Labute approximate surface area is 147 Å². The number of rotatable bonds is 5. The lowest BCUT2D eigenvalue weighted by molar-refractivity contribution is 0.0697. The number of hydrogen-bond donors (Lipinski definition) is 1. The number of carbonyl (C=O) groups is 1. The van der Waals surface area contributed by atoms with Crippen LogP contribution in [0, 0.1) is 20.8 Å². The molecule has 25 heavy (non-hydrogen) atoms. The number of aromatic carboxylic acids is 1. The quantitative estimate of drug-likeness (QED) is 0.763. The molecule has 0 spiro atoms. The normalized spacial score (nSPS) is 10.8. The average molecular weight is 334 g/mol. The van der Waals surface area contributed by atoms with Crippen LogP contribution in [0.1, 0.15) is 44.0 Å². The number of carboxylic acid groups (broad SMARTS) is 1. The Morgan fingerprint density at radius 1 is 0.960 bits per heavy atom. The summed E-state index contributed by atoms with van der Waals surface area (Å²) in [5, 5.41) is 13.7. The number of carboxylic acids is 1. The third-order valence-electron chi connectivity index (χ3n) is 4.57. The number of benzene rings is 2. The highest BCUT2D eigenvalue weighted by molar-refractivity contribution is 5.87. The van der Waals surface area contributed by atoms with Gasteiger partial charge in [-0.3, -0.25) is 4.68 Å². The minimum absolute atomic E-state index is 0.312. The smallest absolute Gasteiger partial charge is 0.335 e. The molecule has 3 aromatic rings. The predicted molar refractivity (Wildman–Crippen MR) is 98.2 cm³/mol. The van der Waals surface area contributed by atoms with Crippen molar-refractivity contribution in [3.05, 3.63) is 87.7 Å². The molecule has 0 unspecified atom stereocenters. The molecule has 1 aromatic heterocycles. The van der Waals surface area contributed by atoms with Crippen LogP contribution in [0.15, 0.2) is 48.5 Å². The second-order valence-corrected chi connectivity index (χ2v) is 6.47. The molecular weight excluding hydrogens is 312 g/mol. The van der Waals surface area contributed by atoms with Crippen molar-refractivity contribution in [3.8, 4) is 0 Å². The van der Waals surface area contributed by atoms with Gasteiger partial charge in [0.1, 0.15) is 0 Å². The van der Waals surface area contributed by atoms with Gasteiger partial charge in [0.05, 0.1) is 17.8 Å². The summed E-state index contributed by atoms with van der Waals surface area (Å²) in [7, 11) is 0. The van der Waals surface area contributed by atoms with E-state index in [1.54, 1.807) is 12.1 Å². The summed E-state index contributed by atoms with van der Waals surface area (Å²) in [5.41, 5.74) is 7.26. The Bertz CT molecular complexity index is 891. The Balaban J connectivity index is 1.81. The number of hydrogen-bond acceptors (Lipinski definition) is 2. The summed E-state index contributed by atoms with van der Waals surface area (Å²) < 4.78 is 2.04. The molecular formula is C21H22N2O2. The first-order valence-electron chi connectivity index (χ1n) is 8.34. The van der Waals surface area contributed by atoms with Gasteiger partial charge >= 0.3 is 5.97 Å². The summed E-state index contributed by atoms with van der Waals surface area (Å²) in [4.78, 5) is 11.0. The van der Waals surface area contributed by atoms with Crippen molar-refractivity contribution in [2.24, 2.45) is 0 Å². The lowest BCUT2D eigenvalue weighted by Crippen LogP contribution is -2.04. The highest BCUT2D eigenvalue weighted by atomic mass is 16.4.